The molecule has 1 fully saturated rings. The largest absolute Gasteiger partial charge is 0.277 e. The van der Waals surface area contributed by atoms with Crippen molar-refractivity contribution in [1.82, 2.24) is 15.2 Å². The van der Waals surface area contributed by atoms with Crippen molar-refractivity contribution < 1.29 is 9.87 Å². The second kappa shape index (κ2) is 5.57. The van der Waals surface area contributed by atoms with E-state index in [2.05, 4.69) is 10.1 Å². The minimum Gasteiger partial charge on any atom is -0.277 e. The standard InChI is InChI=1S/C8H10ClN5O3S/c1-12-13(4-7-10-2-3-18-7)8(11-14(15)16)6(9)5-17-12/h2-3,6H,4-5H2,1H3. The number of hydrogen-bond acceptors (Lipinski definition) is 6. The number of amidine groups is 1. The lowest BCUT2D eigenvalue weighted by molar-refractivity contribution is -0.487. The van der Waals surface area contributed by atoms with Crippen LogP contribution in [-0.4, -0.2) is 45.1 Å². The van der Waals surface area contributed by atoms with Gasteiger partial charge in [0.15, 0.2) is 5.03 Å². The Bertz CT molecular complexity index is 454. The molecule has 10 heteroatoms. The smallest absolute Gasteiger partial charge is 0.216 e. The summed E-state index contributed by atoms with van der Waals surface area (Å²) < 4.78 is 0. The van der Waals surface area contributed by atoms with Crippen LogP contribution in [0.1, 0.15) is 5.01 Å². The molecule has 0 saturated carbocycles. The molecular weight excluding hydrogens is 282 g/mol. The number of nitro groups is 1. The van der Waals surface area contributed by atoms with Crippen molar-refractivity contribution in [3.63, 3.8) is 0 Å². The number of hydroxylamine groups is 1. The molecule has 98 valence electrons. The number of thiazole rings is 1. The molecular formula is C8H10ClN5O3S. The van der Waals surface area contributed by atoms with Crippen LogP contribution in [-0.2, 0) is 11.4 Å². The first kappa shape index (κ1) is 13.1. The molecule has 0 aliphatic carbocycles. The Morgan fingerprint density at radius 1 is 1.83 bits per heavy atom. The van der Waals surface area contributed by atoms with E-state index in [0.29, 0.717) is 6.54 Å². The number of aromatic nitrogens is 1. The molecule has 1 aliphatic rings. The van der Waals surface area contributed by atoms with Crippen LogP contribution in [0.15, 0.2) is 16.7 Å². The summed E-state index contributed by atoms with van der Waals surface area (Å²) in [5.41, 5.74) is 0. The Kier molecular flexibility index (Phi) is 4.07. The Morgan fingerprint density at radius 2 is 2.61 bits per heavy atom. The molecule has 2 heterocycles. The second-order valence-electron chi connectivity index (χ2n) is 3.41. The summed E-state index contributed by atoms with van der Waals surface area (Å²) in [6.07, 6.45) is 1.66. The molecule has 1 saturated heterocycles. The van der Waals surface area contributed by atoms with E-state index in [1.54, 1.807) is 13.2 Å². The average molecular weight is 292 g/mol. The summed E-state index contributed by atoms with van der Waals surface area (Å²) in [4.78, 5) is 19.9. The van der Waals surface area contributed by atoms with Crippen LogP contribution < -0.4 is 0 Å². The van der Waals surface area contributed by atoms with Crippen molar-refractivity contribution in [1.29, 1.82) is 0 Å². The van der Waals surface area contributed by atoms with Crippen molar-refractivity contribution >= 4 is 28.8 Å². The molecule has 8 nitrogen and oxygen atoms in total. The predicted molar refractivity (Wildman–Crippen MR) is 65.4 cm³/mol. The number of alkyl halides is 1. The maximum Gasteiger partial charge on any atom is 0.216 e. The topological polar surface area (TPSA) is 84.1 Å². The minimum atomic E-state index is -0.765. The first-order chi connectivity index (χ1) is 8.58. The van der Waals surface area contributed by atoms with Crippen molar-refractivity contribution in [3.8, 4) is 0 Å². The lowest BCUT2D eigenvalue weighted by Crippen LogP contribution is -2.53. The van der Waals surface area contributed by atoms with Crippen molar-refractivity contribution in [2.24, 2.45) is 5.10 Å². The fourth-order valence-corrected chi connectivity index (χ4v) is 2.27. The monoisotopic (exact) mass is 291 g/mol. The average Bonchev–Trinajstić information content (AvgIpc) is 2.80. The Labute approximate surface area is 111 Å². The van der Waals surface area contributed by atoms with E-state index in [1.807, 2.05) is 5.38 Å². The highest BCUT2D eigenvalue weighted by molar-refractivity contribution is 7.09. The van der Waals surface area contributed by atoms with Gasteiger partial charge in [-0.2, -0.15) is 0 Å². The number of hydrazone groups is 1. The van der Waals surface area contributed by atoms with Crippen LogP contribution in [0.25, 0.3) is 0 Å². The number of hydrogen-bond donors (Lipinski definition) is 0. The molecule has 0 N–H and O–H groups in total. The van der Waals surface area contributed by atoms with Crippen LogP contribution in [0.3, 0.4) is 0 Å². The zero-order valence-corrected chi connectivity index (χ0v) is 11.0. The van der Waals surface area contributed by atoms with Crippen LogP contribution in [0.2, 0.25) is 0 Å². The Balaban J connectivity index is 2.23. The number of nitrogens with zero attached hydrogens (tertiary/aromatic N) is 5. The van der Waals surface area contributed by atoms with Crippen molar-refractivity contribution in [2.45, 2.75) is 11.9 Å². The van der Waals surface area contributed by atoms with E-state index in [-0.39, 0.29) is 12.4 Å². The Hall–Kier alpha value is -1.29. The van der Waals surface area contributed by atoms with Gasteiger partial charge in [-0.1, -0.05) is 0 Å². The highest BCUT2D eigenvalue weighted by atomic mass is 35.5. The van der Waals surface area contributed by atoms with Crippen LogP contribution >= 0.6 is 22.9 Å². The van der Waals surface area contributed by atoms with Crippen LogP contribution in [0, 0.1) is 10.1 Å². The Morgan fingerprint density at radius 3 is 3.22 bits per heavy atom. The summed E-state index contributed by atoms with van der Waals surface area (Å²) in [6.45, 7) is 0.461. The summed E-state index contributed by atoms with van der Waals surface area (Å²) in [7, 11) is 1.63. The third-order valence-corrected chi connectivity index (χ3v) is 3.33. The quantitative estimate of drug-likeness (QED) is 0.468. The summed E-state index contributed by atoms with van der Waals surface area (Å²) in [6, 6.07) is 0. The summed E-state index contributed by atoms with van der Waals surface area (Å²) in [5.74, 6) is 0.144. The highest BCUT2D eigenvalue weighted by Gasteiger charge is 2.33. The third-order valence-electron chi connectivity index (χ3n) is 2.24. The van der Waals surface area contributed by atoms with E-state index >= 15 is 0 Å². The van der Waals surface area contributed by atoms with Crippen molar-refractivity contribution in [3.05, 3.63) is 26.7 Å². The predicted octanol–water partition coefficient (Wildman–Crippen LogP) is 0.935. The summed E-state index contributed by atoms with van der Waals surface area (Å²) in [5, 5.41) is 17.9. The van der Waals surface area contributed by atoms with Gasteiger partial charge in [0.05, 0.1) is 18.3 Å². The zero-order valence-electron chi connectivity index (χ0n) is 9.39. The van der Waals surface area contributed by atoms with E-state index < -0.39 is 10.4 Å². The van der Waals surface area contributed by atoms with Crippen LogP contribution in [0.4, 0.5) is 0 Å². The third kappa shape index (κ3) is 2.93. The molecule has 1 atom stereocenters. The highest BCUT2D eigenvalue weighted by Crippen LogP contribution is 2.19. The summed E-state index contributed by atoms with van der Waals surface area (Å²) >= 11 is 7.42. The maximum absolute atomic E-state index is 10.5. The molecule has 1 aliphatic heterocycles. The molecule has 1 aromatic rings. The van der Waals surface area contributed by atoms with Gasteiger partial charge in [-0.25, -0.2) is 15.1 Å². The molecule has 1 aromatic heterocycles. The minimum absolute atomic E-state index is 0.138. The van der Waals surface area contributed by atoms with Gasteiger partial charge < -0.3 is 0 Å². The van der Waals surface area contributed by atoms with Crippen LogP contribution in [0.5, 0.6) is 0 Å². The molecule has 0 amide bonds. The lowest BCUT2D eigenvalue weighted by atomic mass is 10.3. The number of rotatable bonds is 3. The van der Waals surface area contributed by atoms with Gasteiger partial charge in [0.25, 0.3) is 0 Å². The number of hydrazine groups is 1. The second-order valence-corrected chi connectivity index (χ2v) is 4.91. The van der Waals surface area contributed by atoms with Crippen molar-refractivity contribution in [2.75, 3.05) is 13.7 Å². The first-order valence-corrected chi connectivity index (χ1v) is 6.29. The molecule has 18 heavy (non-hydrogen) atoms. The molecule has 0 bridgehead atoms. The van der Waals surface area contributed by atoms with Gasteiger partial charge >= 0.3 is 0 Å². The molecule has 1 unspecified atom stereocenters. The molecule has 0 radical (unpaired) electrons. The van der Waals surface area contributed by atoms with Gasteiger partial charge in [0.1, 0.15) is 10.4 Å². The van der Waals surface area contributed by atoms with Gasteiger partial charge in [0.2, 0.25) is 5.84 Å². The maximum atomic E-state index is 10.5. The SMILES string of the molecule is CN1OCC(Cl)C(=N[N+](=O)[O-])N1Cc1nccs1. The van der Waals surface area contributed by atoms with E-state index in [9.17, 15) is 10.1 Å². The van der Waals surface area contributed by atoms with E-state index in [4.69, 9.17) is 16.4 Å². The normalized spacial score (nSPS) is 23.6. The first-order valence-electron chi connectivity index (χ1n) is 4.97. The van der Waals surface area contributed by atoms with Gasteiger partial charge in [-0.05, 0) is 0 Å². The van der Waals surface area contributed by atoms with Gasteiger partial charge in [-0.3, -0.25) is 9.85 Å². The zero-order chi connectivity index (χ0) is 13.1. The fraction of sp³-hybridized carbons (Fsp3) is 0.500. The number of halogens is 1. The lowest BCUT2D eigenvalue weighted by Gasteiger charge is -2.37. The molecule has 0 aromatic carbocycles. The van der Waals surface area contributed by atoms with Gasteiger partial charge in [-0.15, -0.1) is 28.1 Å². The van der Waals surface area contributed by atoms with E-state index in [0.717, 1.165) is 5.01 Å². The van der Waals surface area contributed by atoms with Gasteiger partial charge in [0, 0.05) is 18.6 Å². The van der Waals surface area contributed by atoms with E-state index in [1.165, 1.54) is 21.5 Å². The molecule has 2 rings (SSSR count). The molecule has 0 spiro atoms. The fourth-order valence-electron chi connectivity index (χ4n) is 1.46.